The second-order valence-corrected chi connectivity index (χ2v) is 13.0. The molecule has 0 saturated heterocycles. The molecule has 156 valence electrons. The van der Waals surface area contributed by atoms with Crippen LogP contribution in [0.3, 0.4) is 0 Å². The standard InChI is InChI=1S/C22H34O5Si/c1-22(2,3)28(6,7)27-20(14-13-18-11-9-8-10-12-18)19(26-17-24-4)15-16-21(23)25-5/h8-12,19-20H,13-14,17H2,1-7H3/t19-,20-/m0/s1. The number of rotatable bonds is 9. The summed E-state index contributed by atoms with van der Waals surface area (Å²) in [6.07, 6.45) is 0.679. The van der Waals surface area contributed by atoms with Gasteiger partial charge in [-0.1, -0.05) is 57.0 Å². The highest BCUT2D eigenvalue weighted by Gasteiger charge is 2.40. The van der Waals surface area contributed by atoms with Gasteiger partial charge in [0.05, 0.1) is 13.2 Å². The van der Waals surface area contributed by atoms with Gasteiger partial charge in [0, 0.05) is 13.0 Å². The third-order valence-electron chi connectivity index (χ3n) is 5.02. The van der Waals surface area contributed by atoms with Gasteiger partial charge >= 0.3 is 5.97 Å². The van der Waals surface area contributed by atoms with Crippen molar-refractivity contribution in [2.24, 2.45) is 0 Å². The van der Waals surface area contributed by atoms with Crippen LogP contribution in [0.25, 0.3) is 0 Å². The van der Waals surface area contributed by atoms with E-state index >= 15 is 0 Å². The normalized spacial score (nSPS) is 14.0. The van der Waals surface area contributed by atoms with Gasteiger partial charge in [-0.2, -0.15) is 0 Å². The topological polar surface area (TPSA) is 54.0 Å². The predicted molar refractivity (Wildman–Crippen MR) is 113 cm³/mol. The van der Waals surface area contributed by atoms with Crippen LogP contribution in [-0.2, 0) is 29.9 Å². The van der Waals surface area contributed by atoms with Crippen LogP contribution in [-0.4, -0.2) is 47.5 Å². The fraction of sp³-hybridized carbons (Fsp3) is 0.591. The minimum atomic E-state index is -2.08. The molecule has 0 bridgehead atoms. The monoisotopic (exact) mass is 406 g/mol. The molecule has 6 heteroatoms. The van der Waals surface area contributed by atoms with Gasteiger partial charge in [-0.25, -0.2) is 4.79 Å². The van der Waals surface area contributed by atoms with Crippen molar-refractivity contribution < 1.29 is 23.4 Å². The van der Waals surface area contributed by atoms with E-state index in [1.165, 1.54) is 12.7 Å². The lowest BCUT2D eigenvalue weighted by atomic mass is 10.0. The number of ether oxygens (including phenoxy) is 3. The van der Waals surface area contributed by atoms with Crippen molar-refractivity contribution in [1.82, 2.24) is 0 Å². The SMILES string of the molecule is COCO[C@@H](C#CC(=O)OC)[C@H](CCc1ccccc1)O[Si](C)(C)C(C)(C)C. The lowest BCUT2D eigenvalue weighted by Crippen LogP contribution is -2.47. The Morgan fingerprint density at radius 1 is 1.14 bits per heavy atom. The highest BCUT2D eigenvalue weighted by atomic mass is 28.4. The van der Waals surface area contributed by atoms with Gasteiger partial charge < -0.3 is 18.6 Å². The fourth-order valence-corrected chi connectivity index (χ4v) is 3.70. The molecule has 0 saturated carbocycles. The van der Waals surface area contributed by atoms with Crippen LogP contribution in [0.5, 0.6) is 0 Å². The van der Waals surface area contributed by atoms with Gasteiger partial charge in [-0.15, -0.1) is 0 Å². The maximum atomic E-state index is 11.5. The Labute approximate surface area is 170 Å². The number of esters is 1. The Balaban J connectivity index is 3.10. The van der Waals surface area contributed by atoms with E-state index in [9.17, 15) is 4.79 Å². The zero-order valence-corrected chi connectivity index (χ0v) is 19.2. The Bertz CT molecular complexity index is 655. The van der Waals surface area contributed by atoms with E-state index in [1.807, 2.05) is 18.2 Å². The van der Waals surface area contributed by atoms with E-state index in [0.29, 0.717) is 0 Å². The molecule has 2 atom stereocenters. The second-order valence-electron chi connectivity index (χ2n) is 8.20. The van der Waals surface area contributed by atoms with Crippen molar-refractivity contribution in [3.63, 3.8) is 0 Å². The Kier molecular flexibility index (Phi) is 9.90. The molecular weight excluding hydrogens is 372 g/mol. The van der Waals surface area contributed by atoms with Gasteiger partial charge in [-0.05, 0) is 36.5 Å². The van der Waals surface area contributed by atoms with Gasteiger partial charge in [-0.3, -0.25) is 0 Å². The van der Waals surface area contributed by atoms with Crippen LogP contribution in [0.4, 0.5) is 0 Å². The zero-order valence-electron chi connectivity index (χ0n) is 18.2. The molecule has 1 rings (SSSR count). The highest BCUT2D eigenvalue weighted by molar-refractivity contribution is 6.74. The van der Waals surface area contributed by atoms with Crippen molar-refractivity contribution in [2.45, 2.75) is 64.0 Å². The number of aryl methyl sites for hydroxylation is 1. The Hall–Kier alpha value is -1.65. The van der Waals surface area contributed by atoms with E-state index in [4.69, 9.17) is 13.9 Å². The molecule has 0 aliphatic carbocycles. The zero-order chi connectivity index (χ0) is 21.2. The quantitative estimate of drug-likeness (QED) is 0.202. The average Bonchev–Trinajstić information content (AvgIpc) is 2.65. The molecule has 0 aromatic heterocycles. The first-order chi connectivity index (χ1) is 13.1. The third kappa shape index (κ3) is 8.15. The number of benzene rings is 1. The van der Waals surface area contributed by atoms with Crippen LogP contribution >= 0.6 is 0 Å². The van der Waals surface area contributed by atoms with Gasteiger partial charge in [0.2, 0.25) is 0 Å². The van der Waals surface area contributed by atoms with Gasteiger partial charge in [0.25, 0.3) is 0 Å². The predicted octanol–water partition coefficient (Wildman–Crippen LogP) is 4.18. The van der Waals surface area contributed by atoms with E-state index in [-0.39, 0.29) is 17.9 Å². The van der Waals surface area contributed by atoms with Crippen LogP contribution in [0.15, 0.2) is 30.3 Å². The van der Waals surface area contributed by atoms with Crippen LogP contribution in [0.2, 0.25) is 18.1 Å². The molecule has 1 aromatic carbocycles. The molecule has 0 aliphatic heterocycles. The summed E-state index contributed by atoms with van der Waals surface area (Å²) in [5.41, 5.74) is 1.22. The molecule has 0 radical (unpaired) electrons. The summed E-state index contributed by atoms with van der Waals surface area (Å²) >= 11 is 0. The second kappa shape index (κ2) is 11.4. The summed E-state index contributed by atoms with van der Waals surface area (Å²) in [6.45, 7) is 11.0. The number of hydrogen-bond donors (Lipinski definition) is 0. The third-order valence-corrected chi connectivity index (χ3v) is 9.52. The summed E-state index contributed by atoms with van der Waals surface area (Å²) in [5.74, 6) is 4.78. The summed E-state index contributed by atoms with van der Waals surface area (Å²) < 4.78 is 22.1. The first-order valence-electron chi connectivity index (χ1n) is 9.52. The largest absolute Gasteiger partial charge is 0.459 e. The highest BCUT2D eigenvalue weighted by Crippen LogP contribution is 2.38. The summed E-state index contributed by atoms with van der Waals surface area (Å²) in [5, 5.41) is 0.0413. The first-order valence-corrected chi connectivity index (χ1v) is 12.4. The molecule has 0 fully saturated rings. The maximum absolute atomic E-state index is 11.5. The molecular formula is C22H34O5Si. The molecule has 0 aliphatic rings. The number of hydrogen-bond acceptors (Lipinski definition) is 5. The van der Waals surface area contributed by atoms with E-state index < -0.39 is 20.4 Å². The number of methoxy groups -OCH3 is 2. The van der Waals surface area contributed by atoms with E-state index in [0.717, 1.165) is 12.8 Å². The fourth-order valence-electron chi connectivity index (χ4n) is 2.35. The molecule has 28 heavy (non-hydrogen) atoms. The summed E-state index contributed by atoms with van der Waals surface area (Å²) in [6, 6.07) is 10.2. The van der Waals surface area contributed by atoms with Crippen molar-refractivity contribution >= 4 is 14.3 Å². The minimum absolute atomic E-state index is 0.0413. The summed E-state index contributed by atoms with van der Waals surface area (Å²) in [4.78, 5) is 11.5. The smallest absolute Gasteiger partial charge is 0.384 e. The molecule has 0 unspecified atom stereocenters. The van der Waals surface area contributed by atoms with E-state index in [1.54, 1.807) is 7.11 Å². The van der Waals surface area contributed by atoms with Gasteiger partial charge in [0.15, 0.2) is 8.32 Å². The van der Waals surface area contributed by atoms with Gasteiger partial charge in [0.1, 0.15) is 12.9 Å². The van der Waals surface area contributed by atoms with Crippen molar-refractivity contribution in [3.05, 3.63) is 35.9 Å². The van der Waals surface area contributed by atoms with Crippen molar-refractivity contribution in [3.8, 4) is 11.8 Å². The van der Waals surface area contributed by atoms with Crippen molar-refractivity contribution in [2.75, 3.05) is 21.0 Å². The van der Waals surface area contributed by atoms with Crippen LogP contribution < -0.4 is 0 Å². The number of carbonyl (C=O) groups excluding carboxylic acids is 1. The lowest BCUT2D eigenvalue weighted by Gasteiger charge is -2.40. The van der Waals surface area contributed by atoms with E-state index in [2.05, 4.69) is 62.6 Å². The molecule has 5 nitrogen and oxygen atoms in total. The number of carbonyl (C=O) groups is 1. The Morgan fingerprint density at radius 2 is 1.79 bits per heavy atom. The average molecular weight is 407 g/mol. The van der Waals surface area contributed by atoms with Crippen molar-refractivity contribution in [1.29, 1.82) is 0 Å². The molecule has 0 N–H and O–H groups in total. The summed E-state index contributed by atoms with van der Waals surface area (Å²) in [7, 11) is 0.783. The minimum Gasteiger partial charge on any atom is -0.459 e. The van der Waals surface area contributed by atoms with Crippen LogP contribution in [0.1, 0.15) is 32.8 Å². The lowest BCUT2D eigenvalue weighted by molar-refractivity contribution is -0.133. The molecule has 0 spiro atoms. The molecule has 0 amide bonds. The van der Waals surface area contributed by atoms with Crippen LogP contribution in [0, 0.1) is 11.8 Å². The molecule has 1 aromatic rings. The first kappa shape index (κ1) is 24.4. The Morgan fingerprint density at radius 3 is 2.32 bits per heavy atom. The maximum Gasteiger partial charge on any atom is 0.384 e. The molecule has 0 heterocycles.